The molecule has 6 heteroatoms. The monoisotopic (exact) mass is 284 g/mol. The Kier molecular flexibility index (Phi) is 3.11. The smallest absolute Gasteiger partial charge is 0.245 e. The predicted octanol–water partition coefficient (Wildman–Crippen LogP) is 1.36. The van der Waals surface area contributed by atoms with Crippen LogP contribution in [0, 0.1) is 12.8 Å². The lowest BCUT2D eigenvalue weighted by Crippen LogP contribution is -2.40. The number of hydrogen-bond donors (Lipinski definition) is 2. The minimum atomic E-state index is 0.595. The third kappa shape index (κ3) is 2.29. The normalized spacial score (nSPS) is 25.1. The van der Waals surface area contributed by atoms with Crippen molar-refractivity contribution < 1.29 is 0 Å². The Morgan fingerprint density at radius 3 is 3.14 bits per heavy atom. The zero-order valence-corrected chi connectivity index (χ0v) is 12.2. The second-order valence-electron chi connectivity index (χ2n) is 6.02. The fraction of sp³-hybridized carbons (Fsp3) is 0.533. The summed E-state index contributed by atoms with van der Waals surface area (Å²) >= 11 is 0. The highest BCUT2D eigenvalue weighted by molar-refractivity contribution is 5.55. The fourth-order valence-electron chi connectivity index (χ4n) is 3.44. The quantitative estimate of drug-likeness (QED) is 0.871. The number of fused-ring (bicyclic) bond motifs is 1. The van der Waals surface area contributed by atoms with E-state index in [2.05, 4.69) is 30.4 Å². The standard InChI is InChI=1S/C15H20N6/c1-10-4-2-7-17-13(10)14-18-15(20-19-14)21-8-11-5-3-6-16-12(11)9-21/h2,4,7,11-12,16H,3,5-6,8-9H2,1H3,(H,18,19,20). The van der Waals surface area contributed by atoms with E-state index in [1.54, 1.807) is 6.20 Å². The number of anilines is 1. The first kappa shape index (κ1) is 12.8. The summed E-state index contributed by atoms with van der Waals surface area (Å²) in [7, 11) is 0. The molecule has 2 aromatic rings. The van der Waals surface area contributed by atoms with E-state index in [0.717, 1.165) is 48.6 Å². The van der Waals surface area contributed by atoms with Crippen molar-refractivity contribution in [1.29, 1.82) is 0 Å². The zero-order valence-electron chi connectivity index (χ0n) is 12.2. The third-order valence-electron chi connectivity index (χ3n) is 4.59. The molecule has 2 aromatic heterocycles. The van der Waals surface area contributed by atoms with Crippen LogP contribution in [0.3, 0.4) is 0 Å². The molecular weight excluding hydrogens is 264 g/mol. The molecule has 4 rings (SSSR count). The molecule has 2 N–H and O–H groups in total. The molecule has 21 heavy (non-hydrogen) atoms. The van der Waals surface area contributed by atoms with Crippen molar-refractivity contribution in [1.82, 2.24) is 25.5 Å². The summed E-state index contributed by atoms with van der Waals surface area (Å²) in [6.45, 7) is 5.24. The number of hydrogen-bond acceptors (Lipinski definition) is 5. The van der Waals surface area contributed by atoms with Gasteiger partial charge in [-0.25, -0.2) is 0 Å². The number of nitrogens with one attached hydrogen (secondary N) is 2. The van der Waals surface area contributed by atoms with Crippen molar-refractivity contribution in [3.05, 3.63) is 23.9 Å². The van der Waals surface area contributed by atoms with E-state index < -0.39 is 0 Å². The highest BCUT2D eigenvalue weighted by atomic mass is 15.4. The first-order valence-electron chi connectivity index (χ1n) is 7.64. The van der Waals surface area contributed by atoms with Crippen molar-refractivity contribution in [2.24, 2.45) is 5.92 Å². The molecule has 2 atom stereocenters. The van der Waals surface area contributed by atoms with Gasteiger partial charge in [-0.3, -0.25) is 10.1 Å². The molecule has 2 aliphatic heterocycles. The Bertz CT molecular complexity index is 623. The van der Waals surface area contributed by atoms with Gasteiger partial charge in [0.25, 0.3) is 0 Å². The van der Waals surface area contributed by atoms with Gasteiger partial charge in [0.15, 0.2) is 5.82 Å². The zero-order chi connectivity index (χ0) is 14.2. The van der Waals surface area contributed by atoms with E-state index in [4.69, 9.17) is 0 Å². The number of piperidine rings is 1. The maximum Gasteiger partial charge on any atom is 0.245 e. The van der Waals surface area contributed by atoms with Gasteiger partial charge in [0, 0.05) is 25.3 Å². The van der Waals surface area contributed by atoms with Crippen LogP contribution in [0.15, 0.2) is 18.3 Å². The van der Waals surface area contributed by atoms with Gasteiger partial charge in [-0.15, -0.1) is 5.10 Å². The van der Waals surface area contributed by atoms with Crippen LogP contribution in [0.5, 0.6) is 0 Å². The van der Waals surface area contributed by atoms with Crippen molar-refractivity contribution >= 4 is 5.95 Å². The Balaban J connectivity index is 1.56. The largest absolute Gasteiger partial charge is 0.338 e. The Morgan fingerprint density at radius 2 is 2.29 bits per heavy atom. The second kappa shape index (κ2) is 5.11. The maximum atomic E-state index is 4.65. The molecule has 0 aliphatic carbocycles. The first-order valence-corrected chi connectivity index (χ1v) is 7.64. The molecular formula is C15H20N6. The van der Waals surface area contributed by atoms with E-state index in [0.29, 0.717) is 6.04 Å². The van der Waals surface area contributed by atoms with E-state index in [1.165, 1.54) is 12.8 Å². The van der Waals surface area contributed by atoms with E-state index in [1.807, 2.05) is 19.1 Å². The van der Waals surface area contributed by atoms with Crippen molar-refractivity contribution in [3.8, 4) is 11.5 Å². The number of rotatable bonds is 2. The lowest BCUT2D eigenvalue weighted by Gasteiger charge is -2.24. The summed E-state index contributed by atoms with van der Waals surface area (Å²) in [5, 5.41) is 11.0. The number of aromatic amines is 1. The number of aromatic nitrogens is 4. The van der Waals surface area contributed by atoms with Crippen LogP contribution in [0.25, 0.3) is 11.5 Å². The fourth-order valence-corrected chi connectivity index (χ4v) is 3.44. The van der Waals surface area contributed by atoms with Crippen LogP contribution >= 0.6 is 0 Å². The molecule has 2 fully saturated rings. The van der Waals surface area contributed by atoms with Gasteiger partial charge in [0.05, 0.1) is 0 Å². The number of pyridine rings is 1. The molecule has 2 saturated heterocycles. The average Bonchev–Trinajstić information content (AvgIpc) is 3.14. The lowest BCUT2D eigenvalue weighted by molar-refractivity contribution is 0.340. The van der Waals surface area contributed by atoms with Crippen LogP contribution < -0.4 is 10.2 Å². The molecule has 6 nitrogen and oxygen atoms in total. The highest BCUT2D eigenvalue weighted by Crippen LogP contribution is 2.28. The topological polar surface area (TPSA) is 69.7 Å². The predicted molar refractivity (Wildman–Crippen MR) is 81.1 cm³/mol. The molecule has 110 valence electrons. The van der Waals surface area contributed by atoms with Crippen LogP contribution in [0.1, 0.15) is 18.4 Å². The summed E-state index contributed by atoms with van der Waals surface area (Å²) in [6, 6.07) is 4.57. The maximum absolute atomic E-state index is 4.65. The molecule has 4 heterocycles. The summed E-state index contributed by atoms with van der Waals surface area (Å²) < 4.78 is 0. The Hall–Kier alpha value is -1.95. The van der Waals surface area contributed by atoms with Crippen LogP contribution in [-0.4, -0.2) is 45.8 Å². The average molecular weight is 284 g/mol. The summed E-state index contributed by atoms with van der Waals surface area (Å²) in [4.78, 5) is 11.3. The van der Waals surface area contributed by atoms with Crippen molar-refractivity contribution in [3.63, 3.8) is 0 Å². The number of H-pyrrole nitrogens is 1. The molecule has 0 radical (unpaired) electrons. The van der Waals surface area contributed by atoms with Gasteiger partial charge < -0.3 is 10.2 Å². The van der Waals surface area contributed by atoms with Crippen LogP contribution in [0.2, 0.25) is 0 Å². The summed E-state index contributed by atoms with van der Waals surface area (Å²) in [5.41, 5.74) is 1.99. The minimum Gasteiger partial charge on any atom is -0.338 e. The highest BCUT2D eigenvalue weighted by Gasteiger charge is 2.35. The van der Waals surface area contributed by atoms with Crippen LogP contribution in [-0.2, 0) is 0 Å². The molecule has 0 aromatic carbocycles. The minimum absolute atomic E-state index is 0.595. The summed E-state index contributed by atoms with van der Waals surface area (Å²) in [5.74, 6) is 2.29. The third-order valence-corrected chi connectivity index (χ3v) is 4.59. The van der Waals surface area contributed by atoms with Gasteiger partial charge in [0.1, 0.15) is 5.69 Å². The van der Waals surface area contributed by atoms with Crippen molar-refractivity contribution in [2.45, 2.75) is 25.8 Å². The first-order chi connectivity index (χ1) is 10.3. The lowest BCUT2D eigenvalue weighted by atomic mass is 9.94. The molecule has 2 aliphatic rings. The molecule has 0 saturated carbocycles. The Labute approximate surface area is 124 Å². The second-order valence-corrected chi connectivity index (χ2v) is 6.02. The van der Waals surface area contributed by atoms with Gasteiger partial charge in [-0.05, 0) is 43.9 Å². The van der Waals surface area contributed by atoms with Gasteiger partial charge in [-0.2, -0.15) is 4.98 Å². The molecule has 0 spiro atoms. The van der Waals surface area contributed by atoms with E-state index in [-0.39, 0.29) is 0 Å². The number of aryl methyl sites for hydroxylation is 1. The SMILES string of the molecule is Cc1cccnc1-c1nc(N2CC3CCCNC3C2)n[nH]1. The van der Waals surface area contributed by atoms with Gasteiger partial charge in [0.2, 0.25) is 5.95 Å². The number of nitrogens with zero attached hydrogens (tertiary/aromatic N) is 4. The van der Waals surface area contributed by atoms with Crippen LogP contribution in [0.4, 0.5) is 5.95 Å². The molecule has 2 unspecified atom stereocenters. The molecule has 0 bridgehead atoms. The van der Waals surface area contributed by atoms with Crippen molar-refractivity contribution in [2.75, 3.05) is 24.5 Å². The van der Waals surface area contributed by atoms with Gasteiger partial charge >= 0.3 is 0 Å². The Morgan fingerprint density at radius 1 is 1.33 bits per heavy atom. The van der Waals surface area contributed by atoms with Gasteiger partial charge in [-0.1, -0.05) is 6.07 Å². The van der Waals surface area contributed by atoms with E-state index in [9.17, 15) is 0 Å². The van der Waals surface area contributed by atoms with E-state index >= 15 is 0 Å². The summed E-state index contributed by atoms with van der Waals surface area (Å²) in [6.07, 6.45) is 4.38. The molecule has 0 amide bonds.